The van der Waals surface area contributed by atoms with E-state index in [1.54, 1.807) is 18.2 Å². The Labute approximate surface area is 126 Å². The first-order chi connectivity index (χ1) is 9.61. The zero-order valence-electron chi connectivity index (χ0n) is 11.2. The molecule has 6 heteroatoms. The van der Waals surface area contributed by atoms with Crippen LogP contribution in [0, 0.1) is 0 Å². The summed E-state index contributed by atoms with van der Waals surface area (Å²) < 4.78 is 6.14. The summed E-state index contributed by atoms with van der Waals surface area (Å²) in [5.41, 5.74) is 3.74. The third-order valence-electron chi connectivity index (χ3n) is 3.13. The van der Waals surface area contributed by atoms with Crippen LogP contribution < -0.4 is 5.43 Å². The summed E-state index contributed by atoms with van der Waals surface area (Å²) in [4.78, 5) is 11.8. The number of ether oxygens (including phenoxy) is 1. The minimum absolute atomic E-state index is 0.139. The minimum atomic E-state index is -0.409. The summed E-state index contributed by atoms with van der Waals surface area (Å²) in [6.45, 7) is 2.53. The molecule has 0 aromatic heterocycles. The van der Waals surface area contributed by atoms with Crippen LogP contribution in [-0.2, 0) is 9.53 Å². The summed E-state index contributed by atoms with van der Waals surface area (Å²) in [5, 5.41) is 14.0. The van der Waals surface area contributed by atoms with E-state index in [1.165, 1.54) is 0 Å². The van der Waals surface area contributed by atoms with Crippen molar-refractivity contribution < 1.29 is 14.6 Å². The van der Waals surface area contributed by atoms with Crippen LogP contribution >= 0.6 is 15.9 Å². The van der Waals surface area contributed by atoms with Gasteiger partial charge in [-0.15, -0.1) is 0 Å². The van der Waals surface area contributed by atoms with E-state index in [1.807, 2.05) is 6.92 Å². The molecule has 1 aliphatic rings. The molecular weight excluding hydrogens is 324 g/mol. The molecule has 1 unspecified atom stereocenters. The number of phenols is 1. The number of amides is 1. The Morgan fingerprint density at radius 3 is 3.05 bits per heavy atom. The molecule has 1 saturated heterocycles. The number of phenolic OH excluding ortho intramolecular Hbond substituents is 1. The topological polar surface area (TPSA) is 70.9 Å². The average Bonchev–Trinajstić information content (AvgIpc) is 2.97. The quantitative estimate of drug-likeness (QED) is 0.653. The van der Waals surface area contributed by atoms with Crippen molar-refractivity contribution >= 4 is 27.5 Å². The third-order valence-corrected chi connectivity index (χ3v) is 3.62. The fourth-order valence-electron chi connectivity index (χ4n) is 2.05. The van der Waals surface area contributed by atoms with Crippen molar-refractivity contribution in [1.29, 1.82) is 0 Å². The Morgan fingerprint density at radius 1 is 1.60 bits per heavy atom. The minimum Gasteiger partial charge on any atom is -0.507 e. The van der Waals surface area contributed by atoms with Crippen molar-refractivity contribution in [1.82, 2.24) is 5.43 Å². The van der Waals surface area contributed by atoms with E-state index in [-0.39, 0.29) is 11.7 Å². The van der Waals surface area contributed by atoms with E-state index < -0.39 is 6.10 Å². The van der Waals surface area contributed by atoms with Gasteiger partial charge in [-0.1, -0.05) is 22.9 Å². The Hall–Kier alpha value is -1.40. The third kappa shape index (κ3) is 3.58. The smallest absolute Gasteiger partial charge is 0.269 e. The lowest BCUT2D eigenvalue weighted by Gasteiger charge is -2.10. The number of halogens is 1. The zero-order chi connectivity index (χ0) is 14.5. The van der Waals surface area contributed by atoms with Crippen molar-refractivity contribution in [3.05, 3.63) is 28.2 Å². The molecule has 2 rings (SSSR count). The number of nitrogens with zero attached hydrogens (tertiary/aromatic N) is 1. The lowest BCUT2D eigenvalue weighted by molar-refractivity contribution is -0.130. The van der Waals surface area contributed by atoms with Gasteiger partial charge in [0.25, 0.3) is 5.91 Å². The second-order valence-electron chi connectivity index (χ2n) is 4.55. The monoisotopic (exact) mass is 340 g/mol. The van der Waals surface area contributed by atoms with Crippen molar-refractivity contribution in [2.24, 2.45) is 5.10 Å². The van der Waals surface area contributed by atoms with Crippen molar-refractivity contribution in [3.8, 4) is 5.75 Å². The molecule has 1 heterocycles. The highest BCUT2D eigenvalue weighted by atomic mass is 79.9. The normalized spacial score (nSPS) is 19.1. The summed E-state index contributed by atoms with van der Waals surface area (Å²) in [5.74, 6) is -0.0944. The first-order valence-corrected chi connectivity index (χ1v) is 7.38. The van der Waals surface area contributed by atoms with Gasteiger partial charge < -0.3 is 9.84 Å². The van der Waals surface area contributed by atoms with Gasteiger partial charge in [-0.05, 0) is 37.5 Å². The van der Waals surface area contributed by atoms with Crippen molar-refractivity contribution in [3.63, 3.8) is 0 Å². The van der Waals surface area contributed by atoms with Gasteiger partial charge in [-0.25, -0.2) is 5.43 Å². The summed E-state index contributed by atoms with van der Waals surface area (Å²) in [6, 6.07) is 5.11. The molecule has 1 fully saturated rings. The number of aromatic hydroxyl groups is 1. The maximum atomic E-state index is 11.8. The largest absolute Gasteiger partial charge is 0.507 e. The molecule has 0 saturated carbocycles. The second-order valence-corrected chi connectivity index (χ2v) is 5.47. The zero-order valence-corrected chi connectivity index (χ0v) is 12.8. The number of hydrogen-bond donors (Lipinski definition) is 2. The SMILES string of the molecule is CC/C(=N\NC(=O)C1CCCO1)c1cc(Br)ccc1O. The molecule has 1 amide bonds. The molecular formula is C14H17BrN2O3. The van der Waals surface area contributed by atoms with Gasteiger partial charge in [0.2, 0.25) is 0 Å². The van der Waals surface area contributed by atoms with Gasteiger partial charge in [-0.2, -0.15) is 5.10 Å². The standard InChI is InChI=1S/C14H17BrN2O3/c1-2-11(10-8-9(15)5-6-12(10)18)16-17-14(19)13-4-3-7-20-13/h5-6,8,13,18H,2-4,7H2,1H3,(H,17,19)/b16-11+. The lowest BCUT2D eigenvalue weighted by Crippen LogP contribution is -2.31. The molecule has 1 aromatic carbocycles. The van der Waals surface area contributed by atoms with E-state index in [4.69, 9.17) is 4.74 Å². The number of benzene rings is 1. The number of nitrogens with one attached hydrogen (secondary N) is 1. The lowest BCUT2D eigenvalue weighted by atomic mass is 10.1. The molecule has 0 aliphatic carbocycles. The van der Waals surface area contributed by atoms with Crippen molar-refractivity contribution in [2.75, 3.05) is 6.61 Å². The average molecular weight is 341 g/mol. The molecule has 1 aromatic rings. The van der Waals surface area contributed by atoms with Gasteiger partial charge >= 0.3 is 0 Å². The second kappa shape index (κ2) is 6.85. The highest BCUT2D eigenvalue weighted by Crippen LogP contribution is 2.23. The van der Waals surface area contributed by atoms with E-state index in [0.717, 1.165) is 17.3 Å². The Morgan fingerprint density at radius 2 is 2.40 bits per heavy atom. The number of hydrogen-bond acceptors (Lipinski definition) is 4. The molecule has 0 bridgehead atoms. The fourth-order valence-corrected chi connectivity index (χ4v) is 2.41. The van der Waals surface area contributed by atoms with Crippen molar-refractivity contribution in [2.45, 2.75) is 32.3 Å². The fraction of sp³-hybridized carbons (Fsp3) is 0.429. The number of carbonyl (C=O) groups is 1. The molecule has 5 nitrogen and oxygen atoms in total. The van der Waals surface area contributed by atoms with E-state index >= 15 is 0 Å². The van der Waals surface area contributed by atoms with Gasteiger partial charge in [-0.3, -0.25) is 4.79 Å². The van der Waals surface area contributed by atoms with E-state index in [0.29, 0.717) is 24.3 Å². The van der Waals surface area contributed by atoms with Crippen LogP contribution in [0.3, 0.4) is 0 Å². The number of rotatable bonds is 4. The van der Waals surface area contributed by atoms with Crippen LogP contribution in [0.4, 0.5) is 0 Å². The summed E-state index contributed by atoms with van der Waals surface area (Å²) in [7, 11) is 0. The first kappa shape index (κ1) is 15.0. The number of carbonyl (C=O) groups excluding carboxylic acids is 1. The summed E-state index contributed by atoms with van der Waals surface area (Å²) in [6.07, 6.45) is 1.81. The Balaban J connectivity index is 2.12. The van der Waals surface area contributed by atoms with Crippen LogP contribution in [0.25, 0.3) is 0 Å². The van der Waals surface area contributed by atoms with E-state index in [2.05, 4.69) is 26.5 Å². The van der Waals surface area contributed by atoms with Gasteiger partial charge in [0, 0.05) is 16.6 Å². The van der Waals surface area contributed by atoms with Gasteiger partial charge in [0.05, 0.1) is 5.71 Å². The predicted octanol–water partition coefficient (Wildman–Crippen LogP) is 2.56. The van der Waals surface area contributed by atoms with Crippen LogP contribution in [0.5, 0.6) is 5.75 Å². The van der Waals surface area contributed by atoms with Crippen LogP contribution in [0.2, 0.25) is 0 Å². The molecule has 20 heavy (non-hydrogen) atoms. The Kier molecular flexibility index (Phi) is 5.14. The molecule has 2 N–H and O–H groups in total. The van der Waals surface area contributed by atoms with Gasteiger partial charge in [0.1, 0.15) is 11.9 Å². The maximum Gasteiger partial charge on any atom is 0.269 e. The van der Waals surface area contributed by atoms with Crippen LogP contribution in [-0.4, -0.2) is 29.4 Å². The van der Waals surface area contributed by atoms with E-state index in [9.17, 15) is 9.90 Å². The molecule has 0 radical (unpaired) electrons. The highest BCUT2D eigenvalue weighted by Gasteiger charge is 2.23. The highest BCUT2D eigenvalue weighted by molar-refractivity contribution is 9.10. The molecule has 1 aliphatic heterocycles. The van der Waals surface area contributed by atoms with Crippen LogP contribution in [0.15, 0.2) is 27.8 Å². The maximum absolute atomic E-state index is 11.8. The van der Waals surface area contributed by atoms with Gasteiger partial charge in [0.15, 0.2) is 0 Å². The number of hydrazone groups is 1. The Bertz CT molecular complexity index is 525. The first-order valence-electron chi connectivity index (χ1n) is 6.58. The molecule has 0 spiro atoms. The summed E-state index contributed by atoms with van der Waals surface area (Å²) >= 11 is 3.35. The predicted molar refractivity (Wildman–Crippen MR) is 79.8 cm³/mol. The van der Waals surface area contributed by atoms with Crippen LogP contribution in [0.1, 0.15) is 31.7 Å². The molecule has 1 atom stereocenters. The molecule has 108 valence electrons.